The van der Waals surface area contributed by atoms with Crippen molar-refractivity contribution in [3.63, 3.8) is 0 Å². The van der Waals surface area contributed by atoms with Crippen molar-refractivity contribution >= 4 is 35.1 Å². The van der Waals surface area contributed by atoms with Gasteiger partial charge in [-0.3, -0.25) is 19.5 Å². The van der Waals surface area contributed by atoms with Gasteiger partial charge in [0.2, 0.25) is 17.8 Å². The number of ether oxygens (including phenoxy) is 1. The highest BCUT2D eigenvalue weighted by atomic mass is 35.5. The van der Waals surface area contributed by atoms with Crippen molar-refractivity contribution in [2.45, 2.75) is 6.54 Å². The molecule has 1 N–H and O–H groups in total. The number of carbonyl (C=O) groups excluding carboxylic acids is 2. The SMILES string of the molecule is CN(C)C(=O)C1CN=C(Nc2ccc(Oc3ccon3)cc2)N(Cc2ccc(Cl)cc2)C1=O. The molecule has 1 atom stereocenters. The Kier molecular flexibility index (Phi) is 6.60. The number of rotatable bonds is 6. The molecule has 2 amide bonds. The van der Waals surface area contributed by atoms with E-state index in [9.17, 15) is 9.59 Å². The molecule has 1 unspecified atom stereocenters. The molecular formula is C23H22ClN5O4. The summed E-state index contributed by atoms with van der Waals surface area (Å²) in [5.74, 6) is -0.168. The normalized spacial score (nSPS) is 15.7. The van der Waals surface area contributed by atoms with Gasteiger partial charge in [-0.25, -0.2) is 0 Å². The largest absolute Gasteiger partial charge is 0.436 e. The van der Waals surface area contributed by atoms with Gasteiger partial charge in [-0.1, -0.05) is 23.7 Å². The maximum Gasteiger partial charge on any atom is 0.259 e. The number of aliphatic imine (C=N–C) groups is 1. The molecule has 10 heteroatoms. The standard InChI is InChI=1S/C23H22ClN5O4/c1-28(2)21(30)19-13-25-23(29(22(19)31)14-15-3-5-16(24)6-4-15)26-17-7-9-18(10-8-17)33-20-11-12-32-27-20/h3-12,19H,13-14H2,1-2H3,(H,25,26). The molecule has 33 heavy (non-hydrogen) atoms. The Hall–Kier alpha value is -3.85. The number of nitrogens with one attached hydrogen (secondary N) is 1. The number of anilines is 1. The average molecular weight is 468 g/mol. The Morgan fingerprint density at radius 2 is 1.91 bits per heavy atom. The lowest BCUT2D eigenvalue weighted by molar-refractivity contribution is -0.144. The molecule has 0 saturated carbocycles. The summed E-state index contributed by atoms with van der Waals surface area (Å²) in [5.41, 5.74) is 1.56. The Morgan fingerprint density at radius 1 is 1.18 bits per heavy atom. The first kappa shape index (κ1) is 22.3. The highest BCUT2D eigenvalue weighted by molar-refractivity contribution is 6.30. The highest BCUT2D eigenvalue weighted by Crippen LogP contribution is 2.23. The van der Waals surface area contributed by atoms with Gasteiger partial charge in [0.05, 0.1) is 13.1 Å². The van der Waals surface area contributed by atoms with Crippen LogP contribution in [0, 0.1) is 5.92 Å². The van der Waals surface area contributed by atoms with E-state index in [1.165, 1.54) is 16.1 Å². The third-order valence-corrected chi connectivity index (χ3v) is 5.24. The Bertz CT molecular complexity index is 1140. The molecule has 0 bridgehead atoms. The van der Waals surface area contributed by atoms with Crippen molar-refractivity contribution in [3.8, 4) is 11.6 Å². The molecule has 0 spiro atoms. The van der Waals surface area contributed by atoms with Crippen LogP contribution in [-0.2, 0) is 16.1 Å². The molecule has 0 saturated heterocycles. The molecule has 1 aromatic heterocycles. The number of hydrogen-bond donors (Lipinski definition) is 1. The summed E-state index contributed by atoms with van der Waals surface area (Å²) in [5, 5.41) is 7.49. The molecule has 4 rings (SSSR count). The maximum atomic E-state index is 13.3. The highest BCUT2D eigenvalue weighted by Gasteiger charge is 2.37. The summed E-state index contributed by atoms with van der Waals surface area (Å²) in [4.78, 5) is 33.2. The monoisotopic (exact) mass is 467 g/mol. The molecule has 170 valence electrons. The molecule has 1 aliphatic heterocycles. The van der Waals surface area contributed by atoms with Gasteiger partial charge in [0, 0.05) is 30.9 Å². The predicted octanol–water partition coefficient (Wildman–Crippen LogP) is 3.64. The first-order chi connectivity index (χ1) is 15.9. The van der Waals surface area contributed by atoms with E-state index < -0.39 is 5.92 Å². The second-order valence-electron chi connectivity index (χ2n) is 7.59. The Morgan fingerprint density at radius 3 is 2.55 bits per heavy atom. The lowest BCUT2D eigenvalue weighted by Gasteiger charge is -2.32. The van der Waals surface area contributed by atoms with Gasteiger partial charge in [0.15, 0.2) is 0 Å². The van der Waals surface area contributed by atoms with Crippen LogP contribution >= 0.6 is 11.6 Å². The molecule has 1 aliphatic rings. The quantitative estimate of drug-likeness (QED) is 0.555. The van der Waals surface area contributed by atoms with Crippen molar-refractivity contribution in [1.82, 2.24) is 15.0 Å². The summed E-state index contributed by atoms with van der Waals surface area (Å²) in [6.45, 7) is 0.315. The van der Waals surface area contributed by atoms with E-state index in [0.717, 1.165) is 5.56 Å². The zero-order chi connectivity index (χ0) is 23.4. The van der Waals surface area contributed by atoms with Crippen molar-refractivity contribution in [2.24, 2.45) is 10.9 Å². The number of amides is 2. The molecule has 3 aromatic rings. The molecular weight excluding hydrogens is 446 g/mol. The zero-order valence-corrected chi connectivity index (χ0v) is 18.8. The smallest absolute Gasteiger partial charge is 0.259 e. The van der Waals surface area contributed by atoms with E-state index in [1.807, 2.05) is 12.1 Å². The topological polar surface area (TPSA) is 100 Å². The van der Waals surface area contributed by atoms with Gasteiger partial charge in [0.25, 0.3) is 5.88 Å². The molecule has 2 aromatic carbocycles. The van der Waals surface area contributed by atoms with Gasteiger partial charge in [-0.2, -0.15) is 0 Å². The van der Waals surface area contributed by atoms with Gasteiger partial charge >= 0.3 is 0 Å². The van der Waals surface area contributed by atoms with E-state index in [4.69, 9.17) is 20.9 Å². The number of benzene rings is 2. The van der Waals surface area contributed by atoms with E-state index >= 15 is 0 Å². The van der Waals surface area contributed by atoms with Crippen LogP contribution in [0.1, 0.15) is 5.56 Å². The summed E-state index contributed by atoms with van der Waals surface area (Å²) in [7, 11) is 3.25. The fourth-order valence-corrected chi connectivity index (χ4v) is 3.40. The van der Waals surface area contributed by atoms with Crippen LogP contribution in [0.3, 0.4) is 0 Å². The molecule has 0 fully saturated rings. The average Bonchev–Trinajstić information content (AvgIpc) is 3.31. The fourth-order valence-electron chi connectivity index (χ4n) is 3.27. The second kappa shape index (κ2) is 9.74. The number of hydrogen-bond acceptors (Lipinski definition) is 7. The third kappa shape index (κ3) is 5.32. The van der Waals surface area contributed by atoms with Crippen LogP contribution in [0.2, 0.25) is 5.02 Å². The van der Waals surface area contributed by atoms with E-state index in [-0.39, 0.29) is 24.9 Å². The molecule has 0 aliphatic carbocycles. The van der Waals surface area contributed by atoms with Gasteiger partial charge in [-0.15, -0.1) is 0 Å². The van der Waals surface area contributed by atoms with Crippen molar-refractivity contribution in [3.05, 3.63) is 71.4 Å². The van der Waals surface area contributed by atoms with E-state index in [1.54, 1.807) is 56.6 Å². The van der Waals surface area contributed by atoms with Crippen LogP contribution in [-0.4, -0.2) is 53.4 Å². The van der Waals surface area contributed by atoms with Crippen molar-refractivity contribution in [2.75, 3.05) is 26.0 Å². The summed E-state index contributed by atoms with van der Waals surface area (Å²) in [6, 6.07) is 15.9. The van der Waals surface area contributed by atoms with Gasteiger partial charge < -0.3 is 19.5 Å². The van der Waals surface area contributed by atoms with Crippen LogP contribution in [0.25, 0.3) is 0 Å². The van der Waals surface area contributed by atoms with Gasteiger partial charge in [0.1, 0.15) is 17.9 Å². The Balaban J connectivity index is 1.54. The molecule has 0 radical (unpaired) electrons. The first-order valence-corrected chi connectivity index (χ1v) is 10.6. The number of guanidine groups is 1. The Labute approximate surface area is 195 Å². The third-order valence-electron chi connectivity index (χ3n) is 4.98. The lowest BCUT2D eigenvalue weighted by atomic mass is 10.0. The van der Waals surface area contributed by atoms with Gasteiger partial charge in [-0.05, 0) is 47.1 Å². The lowest BCUT2D eigenvalue weighted by Crippen LogP contribution is -2.52. The van der Waals surface area contributed by atoms with Crippen LogP contribution < -0.4 is 10.1 Å². The minimum Gasteiger partial charge on any atom is -0.436 e. The molecule has 9 nitrogen and oxygen atoms in total. The predicted molar refractivity (Wildman–Crippen MR) is 123 cm³/mol. The van der Waals surface area contributed by atoms with E-state index in [2.05, 4.69) is 15.5 Å². The van der Waals surface area contributed by atoms with Crippen LogP contribution in [0.15, 0.2) is 70.4 Å². The summed E-state index contributed by atoms with van der Waals surface area (Å²) < 4.78 is 10.3. The zero-order valence-electron chi connectivity index (χ0n) is 18.1. The van der Waals surface area contributed by atoms with Crippen LogP contribution in [0.5, 0.6) is 11.6 Å². The maximum absolute atomic E-state index is 13.3. The minimum absolute atomic E-state index is 0.0721. The number of carbonyl (C=O) groups is 2. The minimum atomic E-state index is -0.865. The number of halogens is 1. The molecule has 2 heterocycles. The van der Waals surface area contributed by atoms with Crippen molar-refractivity contribution in [1.29, 1.82) is 0 Å². The summed E-state index contributed by atoms with van der Waals surface area (Å²) >= 11 is 5.99. The van der Waals surface area contributed by atoms with Crippen LogP contribution in [0.4, 0.5) is 5.69 Å². The summed E-state index contributed by atoms with van der Waals surface area (Å²) in [6.07, 6.45) is 1.42. The first-order valence-electron chi connectivity index (χ1n) is 10.2. The fraction of sp³-hybridized carbons (Fsp3) is 0.217. The van der Waals surface area contributed by atoms with E-state index in [0.29, 0.717) is 28.3 Å². The second-order valence-corrected chi connectivity index (χ2v) is 8.03. The number of nitrogens with zero attached hydrogens (tertiary/aromatic N) is 4. The number of aromatic nitrogens is 1. The van der Waals surface area contributed by atoms with Crippen molar-refractivity contribution < 1.29 is 18.8 Å².